The zero-order valence-electron chi connectivity index (χ0n) is 10.4. The van der Waals surface area contributed by atoms with Crippen LogP contribution in [0.25, 0.3) is 0 Å². The highest BCUT2D eigenvalue weighted by Gasteiger charge is 2.05. The van der Waals surface area contributed by atoms with Crippen molar-refractivity contribution in [1.82, 2.24) is 4.98 Å². The van der Waals surface area contributed by atoms with Crippen molar-refractivity contribution in [2.24, 2.45) is 0 Å². The molecule has 0 saturated carbocycles. The molecule has 0 aliphatic carbocycles. The van der Waals surface area contributed by atoms with E-state index in [2.05, 4.69) is 17.2 Å². The van der Waals surface area contributed by atoms with Crippen LogP contribution in [0.3, 0.4) is 0 Å². The zero-order chi connectivity index (χ0) is 12.8. The first kappa shape index (κ1) is 12.2. The number of hydrogen-bond acceptors (Lipinski definition) is 4. The molecule has 2 rings (SSSR count). The monoisotopic (exact) mass is 243 g/mol. The summed E-state index contributed by atoms with van der Waals surface area (Å²) in [7, 11) is 0. The Morgan fingerprint density at radius 2 is 2.06 bits per heavy atom. The van der Waals surface area contributed by atoms with Crippen LogP contribution >= 0.6 is 0 Å². The predicted molar refractivity (Wildman–Crippen MR) is 74.2 cm³/mol. The van der Waals surface area contributed by atoms with Crippen molar-refractivity contribution in [3.63, 3.8) is 0 Å². The molecule has 1 aromatic heterocycles. The van der Waals surface area contributed by atoms with Gasteiger partial charge in [-0.1, -0.05) is 19.1 Å². The number of anilines is 3. The van der Waals surface area contributed by atoms with E-state index in [0.717, 1.165) is 17.9 Å². The molecule has 3 N–H and O–H groups in total. The first-order valence-electron chi connectivity index (χ1n) is 6.00. The summed E-state index contributed by atoms with van der Waals surface area (Å²) in [6, 6.07) is 11.4. The summed E-state index contributed by atoms with van der Waals surface area (Å²) in [5, 5.41) is 3.19. The average molecular weight is 243 g/mol. The van der Waals surface area contributed by atoms with Crippen LogP contribution in [-0.4, -0.2) is 11.6 Å². The lowest BCUT2D eigenvalue weighted by Gasteiger charge is -2.13. The molecule has 1 aromatic carbocycles. The summed E-state index contributed by atoms with van der Waals surface area (Å²) in [6.45, 7) is 2.77. The van der Waals surface area contributed by atoms with E-state index in [1.165, 1.54) is 0 Å². The fourth-order valence-electron chi connectivity index (χ4n) is 1.56. The van der Waals surface area contributed by atoms with Crippen molar-refractivity contribution < 1.29 is 4.74 Å². The molecule has 0 amide bonds. The van der Waals surface area contributed by atoms with E-state index >= 15 is 0 Å². The summed E-state index contributed by atoms with van der Waals surface area (Å²) in [5.74, 6) is 1.45. The van der Waals surface area contributed by atoms with Crippen LogP contribution in [0, 0.1) is 0 Å². The highest BCUT2D eigenvalue weighted by molar-refractivity contribution is 5.71. The highest BCUT2D eigenvalue weighted by atomic mass is 16.5. The fourth-order valence-corrected chi connectivity index (χ4v) is 1.56. The second kappa shape index (κ2) is 5.91. The number of ether oxygens (including phenoxy) is 1. The number of nitrogens with zero attached hydrogens (tertiary/aromatic N) is 1. The SMILES string of the molecule is CCCOc1ccccc1Nc1ncccc1N. The van der Waals surface area contributed by atoms with Gasteiger partial charge in [0.1, 0.15) is 5.75 Å². The molecule has 0 spiro atoms. The Morgan fingerprint density at radius 3 is 2.83 bits per heavy atom. The van der Waals surface area contributed by atoms with E-state index in [4.69, 9.17) is 10.5 Å². The number of rotatable bonds is 5. The van der Waals surface area contributed by atoms with E-state index in [0.29, 0.717) is 18.1 Å². The maximum Gasteiger partial charge on any atom is 0.153 e. The summed E-state index contributed by atoms with van der Waals surface area (Å²) >= 11 is 0. The van der Waals surface area contributed by atoms with Crippen LogP contribution < -0.4 is 15.8 Å². The number of nitrogen functional groups attached to an aromatic ring is 1. The first-order valence-corrected chi connectivity index (χ1v) is 6.00. The third kappa shape index (κ3) is 2.91. The van der Waals surface area contributed by atoms with Gasteiger partial charge in [-0.05, 0) is 30.7 Å². The minimum absolute atomic E-state index is 0.614. The van der Waals surface area contributed by atoms with Gasteiger partial charge in [0.15, 0.2) is 5.82 Å². The number of aromatic nitrogens is 1. The molecule has 2 aromatic rings. The molecule has 18 heavy (non-hydrogen) atoms. The summed E-state index contributed by atoms with van der Waals surface area (Å²) in [5.41, 5.74) is 7.34. The lowest BCUT2D eigenvalue weighted by molar-refractivity contribution is 0.319. The van der Waals surface area contributed by atoms with Gasteiger partial charge in [0.25, 0.3) is 0 Å². The van der Waals surface area contributed by atoms with Crippen LogP contribution in [0.2, 0.25) is 0 Å². The molecule has 0 bridgehead atoms. The molecule has 0 aliphatic heterocycles. The molecule has 0 fully saturated rings. The molecule has 0 aliphatic rings. The molecule has 0 radical (unpaired) electrons. The summed E-state index contributed by atoms with van der Waals surface area (Å²) in [4.78, 5) is 4.20. The first-order chi connectivity index (χ1) is 8.81. The minimum Gasteiger partial charge on any atom is -0.491 e. The minimum atomic E-state index is 0.614. The maximum atomic E-state index is 5.85. The molecule has 94 valence electrons. The van der Waals surface area contributed by atoms with Gasteiger partial charge in [-0.25, -0.2) is 4.98 Å². The normalized spacial score (nSPS) is 10.1. The quantitative estimate of drug-likeness (QED) is 0.846. The number of para-hydroxylation sites is 2. The van der Waals surface area contributed by atoms with Gasteiger partial charge in [0.2, 0.25) is 0 Å². The van der Waals surface area contributed by atoms with Crippen LogP contribution in [0.15, 0.2) is 42.6 Å². The molecule has 0 unspecified atom stereocenters. The number of benzene rings is 1. The van der Waals surface area contributed by atoms with E-state index in [1.54, 1.807) is 12.3 Å². The van der Waals surface area contributed by atoms with Crippen molar-refractivity contribution in [3.8, 4) is 5.75 Å². The van der Waals surface area contributed by atoms with Crippen LogP contribution in [-0.2, 0) is 0 Å². The van der Waals surface area contributed by atoms with Gasteiger partial charge in [-0.3, -0.25) is 0 Å². The molecular weight excluding hydrogens is 226 g/mol. The van der Waals surface area contributed by atoms with Gasteiger partial charge in [-0.2, -0.15) is 0 Å². The van der Waals surface area contributed by atoms with E-state index in [9.17, 15) is 0 Å². The summed E-state index contributed by atoms with van der Waals surface area (Å²) < 4.78 is 5.67. The number of pyridine rings is 1. The van der Waals surface area contributed by atoms with E-state index in [-0.39, 0.29) is 0 Å². The number of hydrogen-bond donors (Lipinski definition) is 2. The van der Waals surface area contributed by atoms with Crippen LogP contribution in [0.4, 0.5) is 17.2 Å². The molecule has 4 nitrogen and oxygen atoms in total. The Balaban J connectivity index is 2.21. The van der Waals surface area contributed by atoms with Crippen molar-refractivity contribution in [3.05, 3.63) is 42.6 Å². The lowest BCUT2D eigenvalue weighted by Crippen LogP contribution is -2.02. The fraction of sp³-hybridized carbons (Fsp3) is 0.214. The molecular formula is C14H17N3O. The van der Waals surface area contributed by atoms with Crippen molar-refractivity contribution in [1.29, 1.82) is 0 Å². The Bertz CT molecular complexity index is 514. The van der Waals surface area contributed by atoms with Crippen molar-refractivity contribution >= 4 is 17.2 Å². The Labute approximate surface area is 107 Å². The topological polar surface area (TPSA) is 60.2 Å². The lowest BCUT2D eigenvalue weighted by atomic mass is 10.3. The van der Waals surface area contributed by atoms with E-state index < -0.39 is 0 Å². The number of nitrogens with one attached hydrogen (secondary N) is 1. The van der Waals surface area contributed by atoms with Crippen molar-refractivity contribution in [2.75, 3.05) is 17.7 Å². The van der Waals surface area contributed by atoms with Crippen LogP contribution in [0.1, 0.15) is 13.3 Å². The van der Waals surface area contributed by atoms with Gasteiger partial charge in [0.05, 0.1) is 18.0 Å². The van der Waals surface area contributed by atoms with Gasteiger partial charge < -0.3 is 15.8 Å². The van der Waals surface area contributed by atoms with Gasteiger partial charge in [-0.15, -0.1) is 0 Å². The molecule has 4 heteroatoms. The third-order valence-electron chi connectivity index (χ3n) is 2.44. The van der Waals surface area contributed by atoms with Gasteiger partial charge >= 0.3 is 0 Å². The highest BCUT2D eigenvalue weighted by Crippen LogP contribution is 2.28. The van der Waals surface area contributed by atoms with E-state index in [1.807, 2.05) is 30.3 Å². The van der Waals surface area contributed by atoms with Crippen molar-refractivity contribution in [2.45, 2.75) is 13.3 Å². The van der Waals surface area contributed by atoms with Crippen LogP contribution in [0.5, 0.6) is 5.75 Å². The smallest absolute Gasteiger partial charge is 0.153 e. The van der Waals surface area contributed by atoms with Gasteiger partial charge in [0, 0.05) is 6.20 Å². The molecule has 1 heterocycles. The number of nitrogens with two attached hydrogens (primary N) is 1. The Hall–Kier alpha value is -2.23. The molecule has 0 saturated heterocycles. The standard InChI is InChI=1S/C14H17N3O/c1-2-10-18-13-8-4-3-7-12(13)17-14-11(15)6-5-9-16-14/h3-9H,2,10,15H2,1H3,(H,16,17). The Kier molecular flexibility index (Phi) is 4.02. The zero-order valence-corrected chi connectivity index (χ0v) is 10.4. The second-order valence-electron chi connectivity index (χ2n) is 3.91. The molecule has 0 atom stereocenters. The third-order valence-corrected chi connectivity index (χ3v) is 2.44. The maximum absolute atomic E-state index is 5.85. The average Bonchev–Trinajstić information content (AvgIpc) is 2.40. The summed E-state index contributed by atoms with van der Waals surface area (Å²) in [6.07, 6.45) is 2.67. The second-order valence-corrected chi connectivity index (χ2v) is 3.91. The largest absolute Gasteiger partial charge is 0.491 e. The predicted octanol–water partition coefficient (Wildman–Crippen LogP) is 3.20. The Morgan fingerprint density at radius 1 is 1.22 bits per heavy atom.